The number of benzene rings is 1. The largest absolute Gasteiger partial charge is 0.494 e. The van der Waals surface area contributed by atoms with E-state index < -0.39 is 0 Å². The number of carbonyl (C=O) groups excluding carboxylic acids is 1. The fourth-order valence-corrected chi connectivity index (χ4v) is 2.23. The number of aliphatic imine (C=N–C) groups is 1. The summed E-state index contributed by atoms with van der Waals surface area (Å²) in [6.07, 6.45) is 1.39. The van der Waals surface area contributed by atoms with E-state index in [1.54, 1.807) is 7.05 Å². The highest BCUT2D eigenvalue weighted by Crippen LogP contribution is 2.13. The zero-order valence-corrected chi connectivity index (χ0v) is 18.0. The molecule has 0 saturated carbocycles. The molecule has 0 radical (unpaired) electrons. The topological polar surface area (TPSA) is 66.0 Å². The van der Waals surface area contributed by atoms with Gasteiger partial charge < -0.3 is 20.3 Å². The predicted octanol–water partition coefficient (Wildman–Crippen LogP) is 2.63. The molecule has 0 aromatic heterocycles. The zero-order chi connectivity index (χ0) is 17.8. The summed E-state index contributed by atoms with van der Waals surface area (Å²) in [5.41, 5.74) is 1.17. The Kier molecular flexibility index (Phi) is 12.9. The van der Waals surface area contributed by atoms with Gasteiger partial charge in [-0.2, -0.15) is 0 Å². The second kappa shape index (κ2) is 13.7. The Hall–Kier alpha value is -1.51. The van der Waals surface area contributed by atoms with Crippen LogP contribution in [0.4, 0.5) is 0 Å². The molecule has 0 heterocycles. The molecule has 0 spiro atoms. The van der Waals surface area contributed by atoms with Crippen molar-refractivity contribution in [2.45, 2.75) is 33.2 Å². The number of guanidine groups is 1. The van der Waals surface area contributed by atoms with Crippen LogP contribution in [-0.2, 0) is 11.3 Å². The van der Waals surface area contributed by atoms with E-state index in [4.69, 9.17) is 4.74 Å². The highest BCUT2D eigenvalue weighted by atomic mass is 127. The molecule has 0 aliphatic heterocycles. The van der Waals surface area contributed by atoms with Crippen LogP contribution >= 0.6 is 24.0 Å². The van der Waals surface area contributed by atoms with Crippen molar-refractivity contribution in [1.82, 2.24) is 15.5 Å². The van der Waals surface area contributed by atoms with Crippen molar-refractivity contribution in [2.24, 2.45) is 4.99 Å². The van der Waals surface area contributed by atoms with Crippen molar-refractivity contribution in [3.05, 3.63) is 29.8 Å². The van der Waals surface area contributed by atoms with Crippen molar-refractivity contribution in [1.29, 1.82) is 0 Å². The maximum Gasteiger partial charge on any atom is 0.221 e. The van der Waals surface area contributed by atoms with Gasteiger partial charge in [0.25, 0.3) is 0 Å². The Morgan fingerprint density at radius 1 is 1.16 bits per heavy atom. The van der Waals surface area contributed by atoms with E-state index in [9.17, 15) is 4.79 Å². The fraction of sp³-hybridized carbons (Fsp3) is 0.556. The minimum atomic E-state index is 0. The molecule has 0 bridgehead atoms. The third kappa shape index (κ3) is 9.52. The van der Waals surface area contributed by atoms with Gasteiger partial charge in [0.1, 0.15) is 5.75 Å². The molecular formula is C18H31IN4O2. The van der Waals surface area contributed by atoms with Crippen LogP contribution in [0.1, 0.15) is 32.3 Å². The summed E-state index contributed by atoms with van der Waals surface area (Å²) in [6.45, 7) is 6.70. The Bertz CT molecular complexity index is 520. The molecule has 0 atom stereocenters. The van der Waals surface area contributed by atoms with Crippen LogP contribution in [-0.4, -0.2) is 50.6 Å². The number of rotatable bonds is 9. The maximum atomic E-state index is 11.6. The third-order valence-electron chi connectivity index (χ3n) is 3.43. The van der Waals surface area contributed by atoms with Crippen LogP contribution in [0.3, 0.4) is 0 Å². The van der Waals surface area contributed by atoms with Gasteiger partial charge in [-0.1, -0.05) is 19.1 Å². The summed E-state index contributed by atoms with van der Waals surface area (Å²) in [7, 11) is 3.72. The number of amides is 1. The number of hydrogen-bond donors (Lipinski definition) is 2. The SMILES string of the molecule is CCCNC(=O)CCNC(=NC)N(C)Cc1ccc(OCC)cc1.I. The quantitative estimate of drug-likeness (QED) is 0.337. The number of carbonyl (C=O) groups is 1. The molecule has 7 heteroatoms. The van der Waals surface area contributed by atoms with Crippen LogP contribution in [0.2, 0.25) is 0 Å². The van der Waals surface area contributed by atoms with Crippen LogP contribution in [0.5, 0.6) is 5.75 Å². The van der Waals surface area contributed by atoms with Gasteiger partial charge in [-0.25, -0.2) is 0 Å². The lowest BCUT2D eigenvalue weighted by Gasteiger charge is -2.22. The fourth-order valence-electron chi connectivity index (χ4n) is 2.23. The first-order chi connectivity index (χ1) is 11.6. The number of halogens is 1. The van der Waals surface area contributed by atoms with Gasteiger partial charge in [-0.15, -0.1) is 24.0 Å². The number of ether oxygens (including phenoxy) is 1. The molecule has 2 N–H and O–H groups in total. The lowest BCUT2D eigenvalue weighted by Crippen LogP contribution is -2.40. The third-order valence-corrected chi connectivity index (χ3v) is 3.43. The van der Waals surface area contributed by atoms with Gasteiger partial charge in [0.2, 0.25) is 5.91 Å². The Morgan fingerprint density at radius 3 is 2.40 bits per heavy atom. The summed E-state index contributed by atoms with van der Waals surface area (Å²) in [6, 6.07) is 8.04. The summed E-state index contributed by atoms with van der Waals surface area (Å²) in [4.78, 5) is 17.9. The summed E-state index contributed by atoms with van der Waals surface area (Å²) >= 11 is 0. The van der Waals surface area contributed by atoms with Gasteiger partial charge >= 0.3 is 0 Å². The monoisotopic (exact) mass is 462 g/mol. The molecule has 1 rings (SSSR count). The molecule has 142 valence electrons. The lowest BCUT2D eigenvalue weighted by atomic mass is 10.2. The number of nitrogens with zero attached hydrogens (tertiary/aromatic N) is 2. The summed E-state index contributed by atoms with van der Waals surface area (Å²) < 4.78 is 5.45. The van der Waals surface area contributed by atoms with Crippen molar-refractivity contribution >= 4 is 35.8 Å². The van der Waals surface area contributed by atoms with Crippen LogP contribution < -0.4 is 15.4 Å². The molecule has 0 aliphatic rings. The summed E-state index contributed by atoms with van der Waals surface area (Å²) in [5, 5.41) is 6.08. The Morgan fingerprint density at radius 2 is 1.84 bits per heavy atom. The second-order valence-corrected chi connectivity index (χ2v) is 5.51. The minimum absolute atomic E-state index is 0. The van der Waals surface area contributed by atoms with E-state index in [2.05, 4.69) is 15.6 Å². The first-order valence-electron chi connectivity index (χ1n) is 8.50. The van der Waals surface area contributed by atoms with Gasteiger partial charge in [0.05, 0.1) is 6.61 Å². The van der Waals surface area contributed by atoms with Crippen molar-refractivity contribution in [3.8, 4) is 5.75 Å². The zero-order valence-electron chi connectivity index (χ0n) is 15.7. The van der Waals surface area contributed by atoms with Crippen LogP contribution in [0.15, 0.2) is 29.3 Å². The minimum Gasteiger partial charge on any atom is -0.494 e. The molecule has 0 saturated heterocycles. The molecule has 25 heavy (non-hydrogen) atoms. The molecule has 1 aromatic rings. The predicted molar refractivity (Wildman–Crippen MR) is 114 cm³/mol. The first-order valence-corrected chi connectivity index (χ1v) is 8.50. The molecule has 0 fully saturated rings. The van der Waals surface area contributed by atoms with E-state index >= 15 is 0 Å². The Balaban J connectivity index is 0.00000576. The van der Waals surface area contributed by atoms with E-state index in [-0.39, 0.29) is 29.9 Å². The van der Waals surface area contributed by atoms with Gasteiger partial charge in [-0.05, 0) is 31.0 Å². The average molecular weight is 462 g/mol. The van der Waals surface area contributed by atoms with E-state index in [1.807, 2.05) is 50.1 Å². The normalized spacial score (nSPS) is 10.6. The number of nitrogens with one attached hydrogen (secondary N) is 2. The molecule has 6 nitrogen and oxygen atoms in total. The van der Waals surface area contributed by atoms with E-state index in [0.717, 1.165) is 31.2 Å². The standard InChI is InChI=1S/C18H30N4O2.HI/c1-5-12-20-17(23)11-13-21-18(19-3)22(4)14-15-7-9-16(10-8-15)24-6-2;/h7-10H,5-6,11-14H2,1-4H3,(H,19,21)(H,20,23);1H. The van der Waals surface area contributed by atoms with Crippen molar-refractivity contribution in [2.75, 3.05) is 33.8 Å². The van der Waals surface area contributed by atoms with Gasteiger partial charge in [0, 0.05) is 40.2 Å². The first kappa shape index (κ1) is 23.5. The molecule has 1 aromatic carbocycles. The van der Waals surface area contributed by atoms with Crippen molar-refractivity contribution < 1.29 is 9.53 Å². The van der Waals surface area contributed by atoms with Crippen LogP contribution in [0, 0.1) is 0 Å². The van der Waals surface area contributed by atoms with Gasteiger partial charge in [0.15, 0.2) is 5.96 Å². The molecule has 0 aliphatic carbocycles. The molecular weight excluding hydrogens is 431 g/mol. The van der Waals surface area contributed by atoms with E-state index in [0.29, 0.717) is 19.6 Å². The van der Waals surface area contributed by atoms with Crippen molar-refractivity contribution in [3.63, 3.8) is 0 Å². The van der Waals surface area contributed by atoms with Gasteiger partial charge in [-0.3, -0.25) is 9.79 Å². The van der Waals surface area contributed by atoms with E-state index in [1.165, 1.54) is 5.56 Å². The average Bonchev–Trinajstić information content (AvgIpc) is 2.58. The van der Waals surface area contributed by atoms with Crippen LogP contribution in [0.25, 0.3) is 0 Å². The molecule has 0 unspecified atom stereocenters. The Labute approximate surface area is 168 Å². The lowest BCUT2D eigenvalue weighted by molar-refractivity contribution is -0.120. The highest BCUT2D eigenvalue weighted by molar-refractivity contribution is 14.0. The second-order valence-electron chi connectivity index (χ2n) is 5.51. The summed E-state index contributed by atoms with van der Waals surface area (Å²) in [5.74, 6) is 1.71. The smallest absolute Gasteiger partial charge is 0.221 e. The molecule has 1 amide bonds. The maximum absolute atomic E-state index is 11.6. The number of hydrogen-bond acceptors (Lipinski definition) is 3. The highest BCUT2D eigenvalue weighted by Gasteiger charge is 2.07.